The van der Waals surface area contributed by atoms with Crippen LogP contribution in [0.1, 0.15) is 86.5 Å². The monoisotopic (exact) mass is 520 g/mol. The molecule has 0 unspecified atom stereocenters. The van der Waals surface area contributed by atoms with Gasteiger partial charge in [-0.25, -0.2) is 9.59 Å². The van der Waals surface area contributed by atoms with Gasteiger partial charge in [0.2, 0.25) is 11.8 Å². The molecule has 0 aromatic heterocycles. The molecule has 2 atom stereocenters. The quantitative estimate of drug-likeness (QED) is 0.509. The zero-order chi connectivity index (χ0) is 27.8. The predicted molar refractivity (Wildman–Crippen MR) is 137 cm³/mol. The van der Waals surface area contributed by atoms with Crippen LogP contribution in [-0.4, -0.2) is 77.1 Å². The Kier molecular flexibility index (Phi) is 10.8. The molecule has 2 aliphatic rings. The lowest BCUT2D eigenvalue weighted by atomic mass is 9.91. The summed E-state index contributed by atoms with van der Waals surface area (Å²) in [6.45, 7) is 12.9. The first-order valence-electron chi connectivity index (χ1n) is 13.3. The zero-order valence-electron chi connectivity index (χ0n) is 23.3. The van der Waals surface area contributed by atoms with Crippen molar-refractivity contribution >= 4 is 23.9 Å². The van der Waals surface area contributed by atoms with E-state index in [1.54, 1.807) is 30.6 Å². The fourth-order valence-corrected chi connectivity index (χ4v) is 4.58. The number of amides is 3. The summed E-state index contributed by atoms with van der Waals surface area (Å²) in [4.78, 5) is 53.9. The summed E-state index contributed by atoms with van der Waals surface area (Å²) in [6.07, 6.45) is 3.67. The molecule has 3 amide bonds. The van der Waals surface area contributed by atoms with E-state index in [-0.39, 0.29) is 24.3 Å². The van der Waals surface area contributed by atoms with Crippen molar-refractivity contribution in [3.8, 4) is 6.07 Å². The van der Waals surface area contributed by atoms with Gasteiger partial charge in [-0.1, -0.05) is 0 Å². The van der Waals surface area contributed by atoms with Crippen LogP contribution in [0.4, 0.5) is 4.79 Å². The van der Waals surface area contributed by atoms with Gasteiger partial charge in [0.1, 0.15) is 17.2 Å². The van der Waals surface area contributed by atoms with Gasteiger partial charge in [0.25, 0.3) is 0 Å². The van der Waals surface area contributed by atoms with E-state index in [1.165, 1.54) is 0 Å². The van der Waals surface area contributed by atoms with Crippen molar-refractivity contribution in [1.29, 1.82) is 5.26 Å². The van der Waals surface area contributed by atoms with E-state index in [0.717, 1.165) is 19.3 Å². The minimum absolute atomic E-state index is 0.0211. The first-order chi connectivity index (χ1) is 17.2. The van der Waals surface area contributed by atoms with Crippen LogP contribution in [0.2, 0.25) is 0 Å². The van der Waals surface area contributed by atoms with Crippen molar-refractivity contribution in [2.24, 2.45) is 11.8 Å². The van der Waals surface area contributed by atoms with Crippen LogP contribution in [0.15, 0.2) is 0 Å². The molecule has 0 aromatic rings. The fourth-order valence-electron chi connectivity index (χ4n) is 4.58. The molecule has 0 bridgehead atoms. The molecular weight excluding hydrogens is 476 g/mol. The molecule has 0 radical (unpaired) electrons. The second-order valence-corrected chi connectivity index (χ2v) is 12.1. The molecule has 208 valence electrons. The number of nitriles is 1. The summed E-state index contributed by atoms with van der Waals surface area (Å²) in [5, 5.41) is 11.8. The molecule has 1 N–H and O–H groups in total. The Morgan fingerprint density at radius 1 is 0.946 bits per heavy atom. The molecule has 0 aliphatic carbocycles. The lowest BCUT2D eigenvalue weighted by Crippen LogP contribution is -2.50. The molecule has 2 heterocycles. The molecule has 2 aliphatic heterocycles. The van der Waals surface area contributed by atoms with Crippen LogP contribution < -0.4 is 5.32 Å². The van der Waals surface area contributed by atoms with Crippen molar-refractivity contribution in [1.82, 2.24) is 15.1 Å². The maximum absolute atomic E-state index is 12.9. The van der Waals surface area contributed by atoms with Crippen LogP contribution in [0.25, 0.3) is 0 Å². The minimum atomic E-state index is -1.03. The first-order valence-corrected chi connectivity index (χ1v) is 13.3. The van der Waals surface area contributed by atoms with Gasteiger partial charge < -0.3 is 24.6 Å². The third-order valence-corrected chi connectivity index (χ3v) is 6.48. The average Bonchev–Trinajstić information content (AvgIpc) is 2.80. The summed E-state index contributed by atoms with van der Waals surface area (Å²) in [7, 11) is 0. The highest BCUT2D eigenvalue weighted by Crippen LogP contribution is 2.25. The number of carbonyl (C=O) groups is 4. The van der Waals surface area contributed by atoms with Crippen LogP contribution in [-0.2, 0) is 23.9 Å². The highest BCUT2D eigenvalue weighted by molar-refractivity contribution is 5.87. The Bertz CT molecular complexity index is 862. The van der Waals surface area contributed by atoms with Crippen LogP contribution >= 0.6 is 0 Å². The highest BCUT2D eigenvalue weighted by Gasteiger charge is 2.33. The third-order valence-electron chi connectivity index (χ3n) is 6.48. The lowest BCUT2D eigenvalue weighted by Gasteiger charge is -2.35. The smallest absolute Gasteiger partial charge is 0.410 e. The SMILES string of the molecule is CC(C)(C)OC(=O)[C@H](CC#N)NC(=O)[C@@H]1CCCN(C(=O)CCC2CCN(C(=O)OC(C)(C)C)CC2)C1. The van der Waals surface area contributed by atoms with Crippen molar-refractivity contribution in [3.63, 3.8) is 0 Å². The molecule has 2 fully saturated rings. The average molecular weight is 521 g/mol. The van der Waals surface area contributed by atoms with E-state index in [0.29, 0.717) is 51.4 Å². The summed E-state index contributed by atoms with van der Waals surface area (Å²) in [5.41, 5.74) is -1.24. The van der Waals surface area contributed by atoms with E-state index in [4.69, 9.17) is 14.7 Å². The zero-order valence-corrected chi connectivity index (χ0v) is 23.3. The van der Waals surface area contributed by atoms with Crippen molar-refractivity contribution in [2.45, 2.75) is 104 Å². The molecule has 0 saturated carbocycles. The van der Waals surface area contributed by atoms with Gasteiger partial charge in [-0.05, 0) is 79.6 Å². The summed E-state index contributed by atoms with van der Waals surface area (Å²) < 4.78 is 10.8. The number of nitrogens with zero attached hydrogens (tertiary/aromatic N) is 3. The topological polar surface area (TPSA) is 129 Å². The fraction of sp³-hybridized carbons (Fsp3) is 0.815. The minimum Gasteiger partial charge on any atom is -0.458 e. The van der Waals surface area contributed by atoms with E-state index >= 15 is 0 Å². The summed E-state index contributed by atoms with van der Waals surface area (Å²) >= 11 is 0. The van der Waals surface area contributed by atoms with E-state index in [1.807, 2.05) is 26.8 Å². The van der Waals surface area contributed by atoms with Crippen LogP contribution in [0, 0.1) is 23.2 Å². The standard InChI is InChI=1S/C27H44N4O6/c1-26(2,3)36-24(34)21(11-14-28)29-23(33)20-8-7-15-31(18-20)22(32)10-9-19-12-16-30(17-13-19)25(35)37-27(4,5)6/h19-21H,7-13,15-18H2,1-6H3,(H,29,33)/t20-,21+/m1/s1. The second kappa shape index (κ2) is 13.1. The first kappa shape index (κ1) is 30.4. The summed E-state index contributed by atoms with van der Waals surface area (Å²) in [6, 6.07) is 0.895. The van der Waals surface area contributed by atoms with Gasteiger partial charge in [0.15, 0.2) is 0 Å². The molecule has 37 heavy (non-hydrogen) atoms. The molecule has 10 heteroatoms. The number of ether oxygens (including phenoxy) is 2. The van der Waals surface area contributed by atoms with Gasteiger partial charge in [-0.2, -0.15) is 5.26 Å². The van der Waals surface area contributed by atoms with Crippen LogP contribution in [0.5, 0.6) is 0 Å². The maximum atomic E-state index is 12.9. The Morgan fingerprint density at radius 2 is 1.57 bits per heavy atom. The maximum Gasteiger partial charge on any atom is 0.410 e. The van der Waals surface area contributed by atoms with Gasteiger partial charge in [-0.15, -0.1) is 0 Å². The number of esters is 1. The number of nitrogens with one attached hydrogen (secondary N) is 1. The Balaban J connectivity index is 1.80. The van der Waals surface area contributed by atoms with Gasteiger partial charge in [0, 0.05) is 32.6 Å². The number of rotatable bonds is 7. The molecule has 10 nitrogen and oxygen atoms in total. The third kappa shape index (κ3) is 10.6. The van der Waals surface area contributed by atoms with E-state index in [9.17, 15) is 19.2 Å². The largest absolute Gasteiger partial charge is 0.458 e. The number of hydrogen-bond donors (Lipinski definition) is 1. The second-order valence-electron chi connectivity index (χ2n) is 12.1. The van der Waals surface area contributed by atoms with Gasteiger partial charge in [0.05, 0.1) is 18.4 Å². The normalized spacial score (nSPS) is 20.0. The lowest BCUT2D eigenvalue weighted by molar-refractivity contribution is -0.159. The highest BCUT2D eigenvalue weighted by atomic mass is 16.6. The molecular formula is C27H44N4O6. The van der Waals surface area contributed by atoms with Gasteiger partial charge in [-0.3, -0.25) is 9.59 Å². The Morgan fingerprint density at radius 3 is 2.14 bits per heavy atom. The molecule has 0 aromatic carbocycles. The Hall–Kier alpha value is -2.83. The summed E-state index contributed by atoms with van der Waals surface area (Å²) in [5.74, 6) is -1.01. The van der Waals surface area contributed by atoms with E-state index in [2.05, 4.69) is 5.32 Å². The van der Waals surface area contributed by atoms with Crippen molar-refractivity contribution in [3.05, 3.63) is 0 Å². The number of likely N-dealkylation sites (tertiary alicyclic amines) is 2. The molecule has 2 saturated heterocycles. The number of piperidine rings is 2. The molecule has 0 spiro atoms. The number of hydrogen-bond acceptors (Lipinski definition) is 7. The molecule has 2 rings (SSSR count). The predicted octanol–water partition coefficient (Wildman–Crippen LogP) is 3.39. The Labute approximate surface area is 221 Å². The van der Waals surface area contributed by atoms with Crippen molar-refractivity contribution < 1.29 is 28.7 Å². The van der Waals surface area contributed by atoms with E-state index < -0.39 is 29.1 Å². The van der Waals surface area contributed by atoms with Crippen molar-refractivity contribution in [2.75, 3.05) is 26.2 Å². The number of carbonyl (C=O) groups excluding carboxylic acids is 4. The van der Waals surface area contributed by atoms with Gasteiger partial charge >= 0.3 is 12.1 Å². The van der Waals surface area contributed by atoms with Crippen LogP contribution in [0.3, 0.4) is 0 Å².